The van der Waals surface area contributed by atoms with E-state index in [1.54, 1.807) is 12.1 Å². The van der Waals surface area contributed by atoms with Gasteiger partial charge in [0.1, 0.15) is 6.10 Å². The normalized spacial score (nSPS) is 23.5. The topological polar surface area (TPSA) is 43.4 Å². The minimum atomic E-state index is -0.886. The Morgan fingerprint density at radius 3 is 2.67 bits per heavy atom. The number of rotatable bonds is 6. The smallest absolute Gasteiger partial charge is 0.338 e. The van der Waals surface area contributed by atoms with E-state index in [4.69, 9.17) is 4.74 Å². The Hall–Kier alpha value is -1.16. The Kier molecular flexibility index (Phi) is 6.43. The van der Waals surface area contributed by atoms with E-state index >= 15 is 0 Å². The second kappa shape index (κ2) is 8.32. The van der Waals surface area contributed by atoms with Gasteiger partial charge in [-0.05, 0) is 37.8 Å². The Labute approximate surface area is 129 Å². The van der Waals surface area contributed by atoms with Gasteiger partial charge in [0.2, 0.25) is 0 Å². The predicted molar refractivity (Wildman–Crippen MR) is 85.8 cm³/mol. The fourth-order valence-electron chi connectivity index (χ4n) is 2.72. The van der Waals surface area contributed by atoms with Gasteiger partial charge in [0.25, 0.3) is 0 Å². The molecule has 3 atom stereocenters. The van der Waals surface area contributed by atoms with Crippen molar-refractivity contribution in [3.63, 3.8) is 0 Å². The zero-order chi connectivity index (χ0) is 15.1. The van der Waals surface area contributed by atoms with Crippen LogP contribution in [0.15, 0.2) is 30.3 Å². The van der Waals surface area contributed by atoms with Gasteiger partial charge in [-0.3, -0.25) is 4.21 Å². The van der Waals surface area contributed by atoms with E-state index in [-0.39, 0.29) is 17.3 Å². The molecule has 1 fully saturated rings. The first-order chi connectivity index (χ1) is 10.2. The number of ether oxygens (including phenoxy) is 1. The number of esters is 1. The molecule has 1 aromatic rings. The van der Waals surface area contributed by atoms with E-state index in [1.807, 2.05) is 18.2 Å². The molecule has 0 amide bonds. The van der Waals surface area contributed by atoms with Crippen LogP contribution < -0.4 is 0 Å². The lowest BCUT2D eigenvalue weighted by Crippen LogP contribution is -2.38. The SMILES string of the molecule is CCCC[S@@](=O)[C@@H]1CCCC[C@H]1OC(=O)c1ccccc1. The first-order valence-corrected chi connectivity index (χ1v) is 9.23. The lowest BCUT2D eigenvalue weighted by molar-refractivity contribution is 0.0226. The van der Waals surface area contributed by atoms with Crippen molar-refractivity contribution in [3.05, 3.63) is 35.9 Å². The third kappa shape index (κ3) is 4.67. The minimum Gasteiger partial charge on any atom is -0.458 e. The zero-order valence-electron chi connectivity index (χ0n) is 12.6. The quantitative estimate of drug-likeness (QED) is 0.753. The minimum absolute atomic E-state index is 0.0120. The van der Waals surface area contributed by atoms with Crippen LogP contribution in [0.1, 0.15) is 55.8 Å². The molecular weight excluding hydrogens is 284 g/mol. The summed E-state index contributed by atoms with van der Waals surface area (Å²) in [6, 6.07) is 9.05. The fourth-order valence-corrected chi connectivity index (χ4v) is 4.55. The van der Waals surface area contributed by atoms with Crippen LogP contribution in [0.25, 0.3) is 0 Å². The van der Waals surface area contributed by atoms with Gasteiger partial charge in [-0.25, -0.2) is 4.79 Å². The summed E-state index contributed by atoms with van der Waals surface area (Å²) in [5.41, 5.74) is 0.571. The maximum Gasteiger partial charge on any atom is 0.338 e. The third-order valence-corrected chi connectivity index (χ3v) is 5.85. The van der Waals surface area contributed by atoms with Gasteiger partial charge >= 0.3 is 5.97 Å². The maximum atomic E-state index is 12.4. The van der Waals surface area contributed by atoms with Crippen molar-refractivity contribution >= 4 is 16.8 Å². The van der Waals surface area contributed by atoms with Crippen LogP contribution in [0.5, 0.6) is 0 Å². The third-order valence-electron chi connectivity index (χ3n) is 3.95. The van der Waals surface area contributed by atoms with E-state index < -0.39 is 10.8 Å². The molecule has 21 heavy (non-hydrogen) atoms. The predicted octanol–water partition coefficient (Wildman–Crippen LogP) is 3.70. The van der Waals surface area contributed by atoms with Crippen LogP contribution >= 0.6 is 0 Å². The molecule has 1 aromatic carbocycles. The number of hydrogen-bond donors (Lipinski definition) is 0. The summed E-state index contributed by atoms with van der Waals surface area (Å²) in [6.07, 6.45) is 5.71. The number of unbranched alkanes of at least 4 members (excludes halogenated alkanes) is 1. The highest BCUT2D eigenvalue weighted by molar-refractivity contribution is 7.85. The summed E-state index contributed by atoms with van der Waals surface area (Å²) < 4.78 is 18.1. The second-order valence-corrected chi connectivity index (χ2v) is 7.35. The number of hydrogen-bond acceptors (Lipinski definition) is 3. The van der Waals surface area contributed by atoms with Gasteiger partial charge in [-0.15, -0.1) is 0 Å². The van der Waals surface area contributed by atoms with Crippen molar-refractivity contribution in [2.45, 2.75) is 56.8 Å². The molecule has 0 radical (unpaired) electrons. The van der Waals surface area contributed by atoms with Gasteiger partial charge < -0.3 is 4.74 Å². The Balaban J connectivity index is 1.98. The Bertz CT molecular complexity index is 472. The average Bonchev–Trinajstić information content (AvgIpc) is 2.54. The monoisotopic (exact) mass is 308 g/mol. The van der Waals surface area contributed by atoms with Crippen molar-refractivity contribution < 1.29 is 13.7 Å². The molecule has 116 valence electrons. The van der Waals surface area contributed by atoms with Crippen LogP contribution in [0, 0.1) is 0 Å². The van der Waals surface area contributed by atoms with Crippen LogP contribution in [-0.4, -0.2) is 27.3 Å². The molecule has 2 rings (SSSR count). The molecule has 0 aromatic heterocycles. The lowest BCUT2D eigenvalue weighted by atomic mass is 9.97. The molecule has 0 unspecified atom stereocenters. The van der Waals surface area contributed by atoms with Crippen LogP contribution in [0.3, 0.4) is 0 Å². The van der Waals surface area contributed by atoms with Crippen LogP contribution in [-0.2, 0) is 15.5 Å². The van der Waals surface area contributed by atoms with E-state index in [0.29, 0.717) is 5.56 Å². The lowest BCUT2D eigenvalue weighted by Gasteiger charge is -2.30. The van der Waals surface area contributed by atoms with E-state index in [0.717, 1.165) is 44.3 Å². The molecule has 0 saturated heterocycles. The highest BCUT2D eigenvalue weighted by Crippen LogP contribution is 2.26. The highest BCUT2D eigenvalue weighted by Gasteiger charge is 2.32. The van der Waals surface area contributed by atoms with Crippen molar-refractivity contribution in [1.29, 1.82) is 0 Å². The van der Waals surface area contributed by atoms with Gasteiger partial charge in [0, 0.05) is 16.6 Å². The highest BCUT2D eigenvalue weighted by atomic mass is 32.2. The van der Waals surface area contributed by atoms with Gasteiger partial charge in [0.15, 0.2) is 0 Å². The van der Waals surface area contributed by atoms with E-state index in [2.05, 4.69) is 6.92 Å². The molecule has 1 aliphatic carbocycles. The number of carbonyl (C=O) groups is 1. The first-order valence-electron chi connectivity index (χ1n) is 7.85. The summed E-state index contributed by atoms with van der Waals surface area (Å²) in [5, 5.41) is 0.0120. The van der Waals surface area contributed by atoms with Crippen molar-refractivity contribution in [1.82, 2.24) is 0 Å². The number of benzene rings is 1. The Morgan fingerprint density at radius 1 is 1.24 bits per heavy atom. The molecule has 0 bridgehead atoms. The van der Waals surface area contributed by atoms with E-state index in [9.17, 15) is 9.00 Å². The molecule has 0 N–H and O–H groups in total. The second-order valence-electron chi connectivity index (χ2n) is 5.57. The van der Waals surface area contributed by atoms with Gasteiger partial charge in [-0.2, -0.15) is 0 Å². The molecule has 1 saturated carbocycles. The van der Waals surface area contributed by atoms with Crippen molar-refractivity contribution in [2.24, 2.45) is 0 Å². The van der Waals surface area contributed by atoms with Crippen LogP contribution in [0.4, 0.5) is 0 Å². The average molecular weight is 308 g/mol. The molecular formula is C17H24O3S. The number of carbonyl (C=O) groups excluding carboxylic acids is 1. The standard InChI is InChI=1S/C17H24O3S/c1-2-3-13-21(19)16-12-8-7-11-15(16)20-17(18)14-9-5-4-6-10-14/h4-6,9-10,15-16H,2-3,7-8,11-13H2,1H3/t15-,16-,21-/m1/s1. The van der Waals surface area contributed by atoms with Gasteiger partial charge in [0.05, 0.1) is 10.8 Å². The summed E-state index contributed by atoms with van der Waals surface area (Å²) in [5.74, 6) is 0.431. The van der Waals surface area contributed by atoms with Gasteiger partial charge in [-0.1, -0.05) is 38.0 Å². The summed E-state index contributed by atoms with van der Waals surface area (Å²) in [7, 11) is -0.886. The summed E-state index contributed by atoms with van der Waals surface area (Å²) in [4.78, 5) is 12.2. The molecule has 0 spiro atoms. The molecule has 1 aliphatic rings. The van der Waals surface area contributed by atoms with E-state index in [1.165, 1.54) is 0 Å². The fraction of sp³-hybridized carbons (Fsp3) is 0.588. The van der Waals surface area contributed by atoms with Crippen molar-refractivity contribution in [2.75, 3.05) is 5.75 Å². The Morgan fingerprint density at radius 2 is 1.95 bits per heavy atom. The first kappa shape index (κ1) is 16.2. The van der Waals surface area contributed by atoms with Crippen LogP contribution in [0.2, 0.25) is 0 Å². The zero-order valence-corrected chi connectivity index (χ0v) is 13.4. The molecule has 0 aliphatic heterocycles. The summed E-state index contributed by atoms with van der Waals surface area (Å²) >= 11 is 0. The molecule has 0 heterocycles. The summed E-state index contributed by atoms with van der Waals surface area (Å²) in [6.45, 7) is 2.10. The molecule has 3 nitrogen and oxygen atoms in total. The molecule has 4 heteroatoms. The van der Waals surface area contributed by atoms with Crippen molar-refractivity contribution in [3.8, 4) is 0 Å². The largest absolute Gasteiger partial charge is 0.458 e. The maximum absolute atomic E-state index is 12.4.